The van der Waals surface area contributed by atoms with Crippen LogP contribution in [0.2, 0.25) is 0 Å². The lowest BCUT2D eigenvalue weighted by Crippen LogP contribution is -2.56. The summed E-state index contributed by atoms with van der Waals surface area (Å²) < 4.78 is 5.58. The monoisotopic (exact) mass is 535 g/mol. The van der Waals surface area contributed by atoms with Gasteiger partial charge in [0, 0.05) is 38.4 Å². The molecule has 3 N–H and O–H groups in total. The van der Waals surface area contributed by atoms with E-state index >= 15 is 0 Å². The summed E-state index contributed by atoms with van der Waals surface area (Å²) in [7, 11) is 0. The van der Waals surface area contributed by atoms with Gasteiger partial charge in [0.1, 0.15) is 17.9 Å². The van der Waals surface area contributed by atoms with Crippen molar-refractivity contribution in [3.05, 3.63) is 59.3 Å². The highest BCUT2D eigenvalue weighted by Gasteiger charge is 2.33. The van der Waals surface area contributed by atoms with Gasteiger partial charge in [0.25, 0.3) is 0 Å². The lowest BCUT2D eigenvalue weighted by molar-refractivity contribution is -0.144. The third kappa shape index (κ3) is 7.56. The van der Waals surface area contributed by atoms with Crippen LogP contribution in [0, 0.1) is 5.92 Å². The van der Waals surface area contributed by atoms with Crippen LogP contribution in [0.3, 0.4) is 0 Å². The van der Waals surface area contributed by atoms with E-state index in [-0.39, 0.29) is 12.5 Å². The number of morpholine rings is 1. The van der Waals surface area contributed by atoms with Crippen LogP contribution in [0.1, 0.15) is 42.5 Å². The van der Waals surface area contributed by atoms with Gasteiger partial charge in [-0.25, -0.2) is 9.78 Å². The van der Waals surface area contributed by atoms with Gasteiger partial charge in [0.15, 0.2) is 0 Å². The molecule has 9 heteroatoms. The summed E-state index contributed by atoms with van der Waals surface area (Å²) >= 11 is 0. The first-order valence-corrected chi connectivity index (χ1v) is 14.4. The average molecular weight is 536 g/mol. The van der Waals surface area contributed by atoms with Gasteiger partial charge in [-0.2, -0.15) is 0 Å². The second-order valence-electron chi connectivity index (χ2n) is 11.1. The molecule has 3 aliphatic rings. The first-order valence-electron chi connectivity index (χ1n) is 14.4. The number of ether oxygens (including phenoxy) is 1. The van der Waals surface area contributed by atoms with Gasteiger partial charge in [-0.15, -0.1) is 0 Å². The van der Waals surface area contributed by atoms with E-state index in [0.29, 0.717) is 38.6 Å². The first-order chi connectivity index (χ1) is 19.0. The molecule has 3 aliphatic heterocycles. The quantitative estimate of drug-likeness (QED) is 0.403. The minimum absolute atomic E-state index is 0.272. The number of carbonyl (C=O) groups is 2. The minimum Gasteiger partial charge on any atom is -0.480 e. The van der Waals surface area contributed by atoms with Gasteiger partial charge in [0.2, 0.25) is 5.91 Å². The summed E-state index contributed by atoms with van der Waals surface area (Å²) in [5.74, 6) is 0.373. The molecule has 1 amide bonds. The fourth-order valence-corrected chi connectivity index (χ4v) is 5.94. The lowest BCUT2D eigenvalue weighted by atomic mass is 10.00. The third-order valence-corrected chi connectivity index (χ3v) is 8.25. The molecule has 2 fully saturated rings. The predicted octanol–water partition coefficient (Wildman–Crippen LogP) is 2.55. The molecule has 210 valence electrons. The SMILES string of the molecule is O=C(O)[C@H](CCN1CC[C@@H](CCc2ccc3c(n2)NCCC3)C1)NC(=O)[C@@H]1COCCN1Cc1ccccc1. The molecule has 1 aromatic carbocycles. The Kier molecular flexibility index (Phi) is 9.44. The number of hydrogen-bond donors (Lipinski definition) is 3. The summed E-state index contributed by atoms with van der Waals surface area (Å²) in [5.41, 5.74) is 3.58. The van der Waals surface area contributed by atoms with Crippen LogP contribution in [-0.4, -0.2) is 89.8 Å². The number of nitrogens with zero attached hydrogens (tertiary/aromatic N) is 3. The molecule has 0 saturated carbocycles. The number of likely N-dealkylation sites (tertiary alicyclic amines) is 1. The maximum atomic E-state index is 13.2. The van der Waals surface area contributed by atoms with E-state index in [2.05, 4.69) is 32.6 Å². The number of benzene rings is 1. The van der Waals surface area contributed by atoms with Gasteiger partial charge in [-0.05, 0) is 68.2 Å². The Hall–Kier alpha value is -3.01. The molecule has 2 saturated heterocycles. The van der Waals surface area contributed by atoms with Crippen molar-refractivity contribution in [1.29, 1.82) is 0 Å². The Balaban J connectivity index is 1.07. The fourth-order valence-electron chi connectivity index (χ4n) is 5.94. The summed E-state index contributed by atoms with van der Waals surface area (Å²) in [6.07, 6.45) is 5.81. The molecule has 5 rings (SSSR count). The van der Waals surface area contributed by atoms with Crippen molar-refractivity contribution < 1.29 is 19.4 Å². The van der Waals surface area contributed by atoms with Gasteiger partial charge in [0.05, 0.1) is 13.2 Å². The average Bonchev–Trinajstić information content (AvgIpc) is 3.42. The summed E-state index contributed by atoms with van der Waals surface area (Å²) in [5, 5.41) is 16.1. The molecular formula is C30H41N5O4. The number of nitrogens with one attached hydrogen (secondary N) is 2. The molecule has 9 nitrogen and oxygen atoms in total. The van der Waals surface area contributed by atoms with Gasteiger partial charge >= 0.3 is 5.97 Å². The molecule has 0 bridgehead atoms. The van der Waals surface area contributed by atoms with Gasteiger partial charge in [-0.3, -0.25) is 9.69 Å². The zero-order chi connectivity index (χ0) is 27.0. The molecule has 4 heterocycles. The number of aryl methyl sites for hydroxylation is 2. The van der Waals surface area contributed by atoms with Crippen molar-refractivity contribution in [2.45, 2.75) is 57.2 Å². The highest BCUT2D eigenvalue weighted by atomic mass is 16.5. The van der Waals surface area contributed by atoms with Crippen LogP contribution in [0.25, 0.3) is 0 Å². The van der Waals surface area contributed by atoms with E-state index in [0.717, 1.165) is 62.4 Å². The van der Waals surface area contributed by atoms with Crippen LogP contribution in [0.5, 0.6) is 0 Å². The molecule has 39 heavy (non-hydrogen) atoms. The van der Waals surface area contributed by atoms with Crippen LogP contribution < -0.4 is 10.6 Å². The largest absolute Gasteiger partial charge is 0.480 e. The lowest BCUT2D eigenvalue weighted by Gasteiger charge is -2.35. The summed E-state index contributed by atoms with van der Waals surface area (Å²) in [4.78, 5) is 34.4. The van der Waals surface area contributed by atoms with E-state index in [1.54, 1.807) is 0 Å². The Morgan fingerprint density at radius 2 is 2.05 bits per heavy atom. The molecule has 3 atom stereocenters. The Labute approximate surface area is 230 Å². The normalized spacial score (nSPS) is 22.6. The second kappa shape index (κ2) is 13.4. The van der Waals surface area contributed by atoms with Crippen LogP contribution >= 0.6 is 0 Å². The Morgan fingerprint density at radius 3 is 2.90 bits per heavy atom. The van der Waals surface area contributed by atoms with Crippen molar-refractivity contribution in [2.24, 2.45) is 5.92 Å². The number of rotatable bonds is 11. The highest BCUT2D eigenvalue weighted by Crippen LogP contribution is 2.24. The maximum absolute atomic E-state index is 13.2. The van der Waals surface area contributed by atoms with Crippen molar-refractivity contribution in [3.63, 3.8) is 0 Å². The zero-order valence-corrected chi connectivity index (χ0v) is 22.7. The van der Waals surface area contributed by atoms with Crippen LogP contribution in [-0.2, 0) is 33.7 Å². The number of aliphatic carboxylic acids is 1. The Morgan fingerprint density at radius 1 is 1.18 bits per heavy atom. The second-order valence-corrected chi connectivity index (χ2v) is 11.1. The zero-order valence-electron chi connectivity index (χ0n) is 22.7. The molecule has 0 spiro atoms. The molecule has 0 unspecified atom stereocenters. The fraction of sp³-hybridized carbons (Fsp3) is 0.567. The Bertz CT molecular complexity index is 1110. The smallest absolute Gasteiger partial charge is 0.326 e. The first kappa shape index (κ1) is 27.6. The van der Waals surface area contributed by atoms with Crippen molar-refractivity contribution in [1.82, 2.24) is 20.1 Å². The number of aromatic nitrogens is 1. The van der Waals surface area contributed by atoms with E-state index < -0.39 is 18.1 Å². The molecule has 0 aliphatic carbocycles. The summed E-state index contributed by atoms with van der Waals surface area (Å²) in [6, 6.07) is 13.0. The topological polar surface area (TPSA) is 107 Å². The number of pyridine rings is 1. The van der Waals surface area contributed by atoms with Crippen molar-refractivity contribution in [2.75, 3.05) is 51.3 Å². The number of carbonyl (C=O) groups excluding carboxylic acids is 1. The third-order valence-electron chi connectivity index (χ3n) is 8.25. The van der Waals surface area contributed by atoms with Gasteiger partial charge in [-0.1, -0.05) is 36.4 Å². The van der Waals surface area contributed by atoms with Crippen LogP contribution in [0.15, 0.2) is 42.5 Å². The number of anilines is 1. The molecule has 2 aromatic rings. The van der Waals surface area contributed by atoms with Crippen LogP contribution in [0.4, 0.5) is 5.82 Å². The number of carboxylic acids is 1. The summed E-state index contributed by atoms with van der Waals surface area (Å²) in [6.45, 7) is 5.69. The van der Waals surface area contributed by atoms with E-state index in [1.165, 1.54) is 12.0 Å². The van der Waals surface area contributed by atoms with E-state index in [9.17, 15) is 14.7 Å². The van der Waals surface area contributed by atoms with E-state index in [4.69, 9.17) is 9.72 Å². The van der Waals surface area contributed by atoms with E-state index in [1.807, 2.05) is 30.3 Å². The number of carboxylic acid groups (broad SMARTS) is 1. The predicted molar refractivity (Wildman–Crippen MR) is 150 cm³/mol. The van der Waals surface area contributed by atoms with Crippen molar-refractivity contribution in [3.8, 4) is 0 Å². The number of hydrogen-bond acceptors (Lipinski definition) is 7. The number of fused-ring (bicyclic) bond motifs is 1. The standard InChI is InChI=1S/C30H41N5O4/c36-29(27-21-39-18-17-35(27)20-22-5-2-1-3-6-22)33-26(30(37)38)13-16-34-15-12-23(19-34)8-10-25-11-9-24-7-4-14-31-28(24)32-25/h1-3,5-6,9,11,23,26-27H,4,7-8,10,12-21H2,(H,31,32)(H,33,36)(H,37,38)/t23-,26+,27+/m1/s1. The van der Waals surface area contributed by atoms with Gasteiger partial charge < -0.3 is 25.4 Å². The highest BCUT2D eigenvalue weighted by molar-refractivity contribution is 5.87. The molecular weight excluding hydrogens is 494 g/mol. The molecule has 1 aromatic heterocycles. The molecule has 0 radical (unpaired) electrons. The van der Waals surface area contributed by atoms with Crippen molar-refractivity contribution >= 4 is 17.7 Å². The number of amides is 1. The maximum Gasteiger partial charge on any atom is 0.326 e. The minimum atomic E-state index is -0.988.